The Bertz CT molecular complexity index is 163. The summed E-state index contributed by atoms with van der Waals surface area (Å²) in [5.74, 6) is -2.88. The van der Waals surface area contributed by atoms with E-state index in [-0.39, 0.29) is 0 Å². The maximum Gasteiger partial charge on any atom is 0.384 e. The zero-order chi connectivity index (χ0) is 6.57. The molecule has 0 bridgehead atoms. The van der Waals surface area contributed by atoms with Crippen molar-refractivity contribution >= 4 is 18.0 Å². The zero-order valence-electron chi connectivity index (χ0n) is 3.74. The lowest BCUT2D eigenvalue weighted by Crippen LogP contribution is -2.13. The molecule has 0 aliphatic rings. The van der Waals surface area contributed by atoms with Crippen LogP contribution in [0, 0.1) is 0 Å². The van der Waals surface area contributed by atoms with Gasteiger partial charge in [-0.25, -0.2) is 4.79 Å². The molecule has 0 radical (unpaired) electrons. The summed E-state index contributed by atoms with van der Waals surface area (Å²) in [5.41, 5.74) is 7.57. The fraction of sp³-hybridized carbons (Fsp3) is 0. The van der Waals surface area contributed by atoms with Crippen molar-refractivity contribution in [3.8, 4) is 0 Å². The summed E-state index contributed by atoms with van der Waals surface area (Å²) in [4.78, 5) is 21.6. The van der Waals surface area contributed by atoms with E-state index < -0.39 is 11.8 Å². The highest BCUT2D eigenvalue weighted by molar-refractivity contribution is 6.55. The number of hydrogen-bond acceptors (Lipinski definition) is 2. The van der Waals surface area contributed by atoms with E-state index in [2.05, 4.69) is 4.79 Å². The lowest BCUT2D eigenvalue weighted by Gasteiger charge is -1.70. The van der Waals surface area contributed by atoms with E-state index in [1.165, 1.54) is 0 Å². The van der Waals surface area contributed by atoms with E-state index in [4.69, 9.17) is 10.6 Å². The lowest BCUT2D eigenvalue weighted by atomic mass is 10.4. The van der Waals surface area contributed by atoms with Crippen molar-refractivity contribution in [1.29, 1.82) is 0 Å². The molecule has 8 heavy (non-hydrogen) atoms. The summed E-state index contributed by atoms with van der Waals surface area (Å²) in [6, 6.07) is 0. The van der Waals surface area contributed by atoms with E-state index in [0.717, 1.165) is 0 Å². The fourth-order valence-electron chi connectivity index (χ4n) is 0.108. The van der Waals surface area contributed by atoms with Crippen molar-refractivity contribution in [1.82, 2.24) is 0 Å². The standard InChI is InChI=1S/C3H2N2O3/c4-5-1-2(6)3(7)8/h1H,(H,7,8). The minimum absolute atomic E-state index is 0.308. The molecule has 1 N–H and O–H groups in total. The van der Waals surface area contributed by atoms with Crippen LogP contribution in [0.5, 0.6) is 0 Å². The Labute approximate surface area is 44.2 Å². The monoisotopic (exact) mass is 114 g/mol. The summed E-state index contributed by atoms with van der Waals surface area (Å²) in [7, 11) is 0. The van der Waals surface area contributed by atoms with Gasteiger partial charge in [-0.3, -0.25) is 4.79 Å². The number of aliphatic carboxylic acids is 1. The third-order valence-corrected chi connectivity index (χ3v) is 0.386. The second-order valence-corrected chi connectivity index (χ2v) is 0.914. The Hall–Kier alpha value is -1.48. The Morgan fingerprint density at radius 2 is 2.12 bits per heavy atom. The van der Waals surface area contributed by atoms with Gasteiger partial charge >= 0.3 is 18.0 Å². The fourth-order valence-corrected chi connectivity index (χ4v) is 0.108. The summed E-state index contributed by atoms with van der Waals surface area (Å²) >= 11 is 0. The smallest absolute Gasteiger partial charge is 0.384 e. The second-order valence-electron chi connectivity index (χ2n) is 0.914. The molecule has 0 fully saturated rings. The molecule has 0 spiro atoms. The van der Waals surface area contributed by atoms with Gasteiger partial charge in [-0.05, 0) is 0 Å². The topological polar surface area (TPSA) is 90.8 Å². The summed E-state index contributed by atoms with van der Waals surface area (Å²) < 4.78 is 0. The van der Waals surface area contributed by atoms with Crippen molar-refractivity contribution in [3.05, 3.63) is 5.53 Å². The first-order valence-corrected chi connectivity index (χ1v) is 1.63. The number of carbonyl (C=O) groups excluding carboxylic acids is 1. The van der Waals surface area contributed by atoms with Gasteiger partial charge in [-0.2, -0.15) is 4.79 Å². The van der Waals surface area contributed by atoms with Crippen LogP contribution in [0.3, 0.4) is 0 Å². The minimum Gasteiger partial charge on any atom is -0.475 e. The van der Waals surface area contributed by atoms with Gasteiger partial charge in [0.2, 0.25) is 0 Å². The number of Topliss-reactive ketones (excluding diaryl/α,β-unsaturated/α-hetero) is 1. The third kappa shape index (κ3) is 1.84. The number of ketones is 1. The van der Waals surface area contributed by atoms with Gasteiger partial charge in [0.1, 0.15) is 0 Å². The first-order chi connectivity index (χ1) is 3.68. The van der Waals surface area contributed by atoms with Crippen molar-refractivity contribution < 1.29 is 19.5 Å². The van der Waals surface area contributed by atoms with Crippen LogP contribution in [0.15, 0.2) is 0 Å². The van der Waals surface area contributed by atoms with Gasteiger partial charge in [0.15, 0.2) is 0 Å². The molecule has 0 atom stereocenters. The van der Waals surface area contributed by atoms with Crippen molar-refractivity contribution in [2.24, 2.45) is 0 Å². The Balaban J connectivity index is 4.05. The minimum atomic E-state index is -1.64. The molecule has 0 aromatic heterocycles. The molecule has 5 heteroatoms. The molecule has 0 aromatic rings. The van der Waals surface area contributed by atoms with E-state index in [1.807, 2.05) is 0 Å². The molecule has 42 valence electrons. The van der Waals surface area contributed by atoms with Crippen molar-refractivity contribution in [2.75, 3.05) is 0 Å². The molecule has 0 amide bonds. The van der Waals surface area contributed by atoms with Crippen LogP contribution in [0.4, 0.5) is 0 Å². The van der Waals surface area contributed by atoms with Crippen LogP contribution >= 0.6 is 0 Å². The molecule has 0 aliphatic carbocycles. The molecule has 5 nitrogen and oxygen atoms in total. The van der Waals surface area contributed by atoms with Crippen LogP contribution in [-0.2, 0) is 9.59 Å². The molecule has 0 saturated carbocycles. The normalized spacial score (nSPS) is 7.00. The van der Waals surface area contributed by atoms with Gasteiger partial charge < -0.3 is 10.6 Å². The van der Waals surface area contributed by atoms with E-state index in [0.29, 0.717) is 6.21 Å². The van der Waals surface area contributed by atoms with Gasteiger partial charge in [-0.15, -0.1) is 0 Å². The number of hydrogen-bond donors (Lipinski definition) is 1. The molecular formula is C3H2N2O3. The highest BCUT2D eigenvalue weighted by Gasteiger charge is 2.11. The van der Waals surface area contributed by atoms with E-state index in [9.17, 15) is 9.59 Å². The lowest BCUT2D eigenvalue weighted by molar-refractivity contribution is -0.147. The van der Waals surface area contributed by atoms with Crippen molar-refractivity contribution in [3.63, 3.8) is 0 Å². The predicted molar refractivity (Wildman–Crippen MR) is 22.3 cm³/mol. The summed E-state index contributed by atoms with van der Waals surface area (Å²) in [6.07, 6.45) is 0.308. The second kappa shape index (κ2) is 2.65. The molecule has 0 rings (SSSR count). The van der Waals surface area contributed by atoms with Crippen LogP contribution in [0.1, 0.15) is 0 Å². The first-order valence-electron chi connectivity index (χ1n) is 1.63. The largest absolute Gasteiger partial charge is 0.475 e. The highest BCUT2D eigenvalue weighted by Crippen LogP contribution is 1.60. The Morgan fingerprint density at radius 3 is 2.25 bits per heavy atom. The maximum absolute atomic E-state index is 9.83. The maximum atomic E-state index is 9.83. The van der Waals surface area contributed by atoms with Crippen molar-refractivity contribution in [2.45, 2.75) is 0 Å². The van der Waals surface area contributed by atoms with Crippen LogP contribution in [-0.4, -0.2) is 27.9 Å². The molecule has 0 aromatic carbocycles. The first kappa shape index (κ1) is 6.52. The van der Waals surface area contributed by atoms with E-state index >= 15 is 0 Å². The number of carbonyl (C=O) groups is 2. The van der Waals surface area contributed by atoms with Crippen LogP contribution in [0.25, 0.3) is 5.53 Å². The molecule has 0 unspecified atom stereocenters. The SMILES string of the molecule is [N-]=[N+]=CC(=O)C(=O)O. The number of nitrogens with zero attached hydrogens (tertiary/aromatic N) is 2. The quantitative estimate of drug-likeness (QED) is 0.214. The zero-order valence-corrected chi connectivity index (χ0v) is 3.74. The highest BCUT2D eigenvalue weighted by atomic mass is 16.4. The summed E-state index contributed by atoms with van der Waals surface area (Å²) in [5, 5.41) is 7.76. The molecule has 0 saturated heterocycles. The molecule has 0 aliphatic heterocycles. The van der Waals surface area contributed by atoms with Gasteiger partial charge in [-0.1, -0.05) is 0 Å². The molecule has 0 heterocycles. The predicted octanol–water partition coefficient (Wildman–Crippen LogP) is -1.06. The van der Waals surface area contributed by atoms with Gasteiger partial charge in [0.05, 0.1) is 0 Å². The number of carboxylic acids is 1. The average Bonchev–Trinajstić information content (AvgIpc) is 1.67. The van der Waals surface area contributed by atoms with Crippen LogP contribution in [0.2, 0.25) is 0 Å². The van der Waals surface area contributed by atoms with Gasteiger partial charge in [0.25, 0.3) is 0 Å². The third-order valence-electron chi connectivity index (χ3n) is 0.386. The van der Waals surface area contributed by atoms with Crippen LogP contribution < -0.4 is 0 Å². The Morgan fingerprint density at radius 1 is 1.62 bits per heavy atom. The number of carboxylic acid groups (broad SMARTS) is 1. The number of rotatable bonds is 2. The Kier molecular flexibility index (Phi) is 2.16. The van der Waals surface area contributed by atoms with Gasteiger partial charge in [0, 0.05) is 0 Å². The molecular weight excluding hydrogens is 112 g/mol. The van der Waals surface area contributed by atoms with E-state index in [1.54, 1.807) is 0 Å². The average molecular weight is 114 g/mol. The summed E-state index contributed by atoms with van der Waals surface area (Å²) in [6.45, 7) is 0.